The smallest absolute Gasteiger partial charge is 0.410 e. The third kappa shape index (κ3) is 5.57. The van der Waals surface area contributed by atoms with E-state index in [9.17, 15) is 9.18 Å². The SMILES string of the molecule is CC(C)(C)OC(=O)N1CCC(CNc2ccc(Cl)cc2F)CC1. The number of carbonyl (C=O) groups excluding carboxylic acids is 1. The number of hydrogen-bond acceptors (Lipinski definition) is 3. The van der Waals surface area contributed by atoms with E-state index in [2.05, 4.69) is 5.32 Å². The number of benzene rings is 1. The molecule has 0 unspecified atom stereocenters. The standard InChI is InChI=1S/C17H24ClFN2O2/c1-17(2,3)23-16(22)21-8-6-12(7-9-21)11-20-15-5-4-13(18)10-14(15)19/h4-5,10,12,20H,6-9,11H2,1-3H3. The van der Waals surface area contributed by atoms with Gasteiger partial charge < -0.3 is 15.0 Å². The highest BCUT2D eigenvalue weighted by atomic mass is 35.5. The molecule has 6 heteroatoms. The van der Waals surface area contributed by atoms with Gasteiger partial charge in [0.2, 0.25) is 0 Å². The molecular weight excluding hydrogens is 319 g/mol. The van der Waals surface area contributed by atoms with Gasteiger partial charge in [0.1, 0.15) is 11.4 Å². The fraction of sp³-hybridized carbons (Fsp3) is 0.588. The summed E-state index contributed by atoms with van der Waals surface area (Å²) in [6, 6.07) is 4.61. The molecule has 1 aliphatic rings. The molecule has 1 N–H and O–H groups in total. The number of nitrogens with one attached hydrogen (secondary N) is 1. The Kier molecular flexibility index (Phi) is 5.74. The van der Waals surface area contributed by atoms with E-state index < -0.39 is 5.60 Å². The number of ether oxygens (including phenoxy) is 1. The number of nitrogens with zero attached hydrogens (tertiary/aromatic N) is 1. The summed E-state index contributed by atoms with van der Waals surface area (Å²) >= 11 is 5.74. The first-order chi connectivity index (χ1) is 10.7. The number of likely N-dealkylation sites (tertiary alicyclic amines) is 1. The maximum absolute atomic E-state index is 13.7. The van der Waals surface area contributed by atoms with Crippen LogP contribution < -0.4 is 5.32 Å². The van der Waals surface area contributed by atoms with Gasteiger partial charge in [0.15, 0.2) is 0 Å². The molecule has 0 atom stereocenters. The normalized spacial score (nSPS) is 16.3. The summed E-state index contributed by atoms with van der Waals surface area (Å²) in [5.41, 5.74) is -0.00863. The van der Waals surface area contributed by atoms with Crippen LogP contribution in [0.25, 0.3) is 0 Å². The van der Waals surface area contributed by atoms with Gasteiger partial charge in [-0.25, -0.2) is 9.18 Å². The van der Waals surface area contributed by atoms with Crippen molar-refractivity contribution in [2.24, 2.45) is 5.92 Å². The summed E-state index contributed by atoms with van der Waals surface area (Å²) in [5, 5.41) is 3.51. The number of rotatable bonds is 3. The zero-order chi connectivity index (χ0) is 17.0. The van der Waals surface area contributed by atoms with Crippen LogP contribution in [0.5, 0.6) is 0 Å². The molecule has 1 amide bonds. The van der Waals surface area contributed by atoms with Crippen molar-refractivity contribution in [3.05, 3.63) is 29.0 Å². The Labute approximate surface area is 141 Å². The molecule has 0 spiro atoms. The zero-order valence-electron chi connectivity index (χ0n) is 13.9. The Morgan fingerprint density at radius 3 is 2.61 bits per heavy atom. The lowest BCUT2D eigenvalue weighted by atomic mass is 9.97. The van der Waals surface area contributed by atoms with Crippen LogP contribution >= 0.6 is 11.6 Å². The average Bonchev–Trinajstić information content (AvgIpc) is 2.45. The largest absolute Gasteiger partial charge is 0.444 e. The van der Waals surface area contributed by atoms with Gasteiger partial charge in [-0.2, -0.15) is 0 Å². The maximum atomic E-state index is 13.7. The highest BCUT2D eigenvalue weighted by Gasteiger charge is 2.26. The predicted molar refractivity (Wildman–Crippen MR) is 90.4 cm³/mol. The molecule has 1 aromatic rings. The van der Waals surface area contributed by atoms with E-state index in [0.29, 0.717) is 36.3 Å². The second-order valence-electron chi connectivity index (χ2n) is 6.92. The summed E-state index contributed by atoms with van der Waals surface area (Å²) in [7, 11) is 0. The Balaban J connectivity index is 1.77. The molecule has 23 heavy (non-hydrogen) atoms. The maximum Gasteiger partial charge on any atom is 0.410 e. The second-order valence-corrected chi connectivity index (χ2v) is 7.35. The van der Waals surface area contributed by atoms with E-state index in [4.69, 9.17) is 16.3 Å². The molecule has 0 saturated carbocycles. The van der Waals surface area contributed by atoms with Gasteiger partial charge in [0.05, 0.1) is 5.69 Å². The summed E-state index contributed by atoms with van der Waals surface area (Å²) in [4.78, 5) is 13.7. The van der Waals surface area contributed by atoms with Crippen LogP contribution in [-0.2, 0) is 4.74 Å². The van der Waals surface area contributed by atoms with Crippen LogP contribution in [-0.4, -0.2) is 36.2 Å². The molecule has 1 fully saturated rings. The minimum Gasteiger partial charge on any atom is -0.444 e. The highest BCUT2D eigenvalue weighted by molar-refractivity contribution is 6.30. The molecule has 1 aliphatic heterocycles. The van der Waals surface area contributed by atoms with Crippen molar-refractivity contribution >= 4 is 23.4 Å². The first kappa shape index (κ1) is 17.9. The van der Waals surface area contributed by atoms with E-state index in [1.165, 1.54) is 6.07 Å². The van der Waals surface area contributed by atoms with E-state index in [-0.39, 0.29) is 11.9 Å². The van der Waals surface area contributed by atoms with Gasteiger partial charge in [0, 0.05) is 24.7 Å². The lowest BCUT2D eigenvalue weighted by Gasteiger charge is -2.33. The average molecular weight is 343 g/mol. The molecule has 0 aliphatic carbocycles. The number of hydrogen-bond donors (Lipinski definition) is 1. The summed E-state index contributed by atoms with van der Waals surface area (Å²) in [5.74, 6) is 0.0625. The van der Waals surface area contributed by atoms with Crippen molar-refractivity contribution in [1.82, 2.24) is 4.90 Å². The molecule has 128 valence electrons. The molecule has 0 aromatic heterocycles. The van der Waals surface area contributed by atoms with E-state index in [1.807, 2.05) is 20.8 Å². The van der Waals surface area contributed by atoms with Gasteiger partial charge in [-0.05, 0) is 57.7 Å². The molecule has 2 rings (SSSR count). The predicted octanol–water partition coefficient (Wildman–Crippen LogP) is 4.54. The quantitative estimate of drug-likeness (QED) is 0.876. The molecule has 1 aromatic carbocycles. The first-order valence-corrected chi connectivity index (χ1v) is 8.29. The molecular formula is C17H24ClFN2O2. The third-order valence-corrected chi connectivity index (χ3v) is 4.01. The van der Waals surface area contributed by atoms with Crippen molar-refractivity contribution in [1.29, 1.82) is 0 Å². The van der Waals surface area contributed by atoms with Crippen LogP contribution in [0.1, 0.15) is 33.6 Å². The van der Waals surface area contributed by atoms with Crippen molar-refractivity contribution < 1.29 is 13.9 Å². The van der Waals surface area contributed by atoms with Crippen LogP contribution in [0.3, 0.4) is 0 Å². The minimum atomic E-state index is -0.471. The first-order valence-electron chi connectivity index (χ1n) is 7.91. The minimum absolute atomic E-state index is 0.257. The lowest BCUT2D eigenvalue weighted by Crippen LogP contribution is -2.42. The number of amides is 1. The van der Waals surface area contributed by atoms with Gasteiger partial charge in [-0.15, -0.1) is 0 Å². The topological polar surface area (TPSA) is 41.6 Å². The monoisotopic (exact) mass is 342 g/mol. The van der Waals surface area contributed by atoms with E-state index >= 15 is 0 Å². The van der Waals surface area contributed by atoms with Gasteiger partial charge in [-0.1, -0.05) is 11.6 Å². The number of carbonyl (C=O) groups is 1. The Morgan fingerprint density at radius 1 is 1.39 bits per heavy atom. The Bertz CT molecular complexity index is 552. The highest BCUT2D eigenvalue weighted by Crippen LogP contribution is 2.23. The Hall–Kier alpha value is -1.49. The van der Waals surface area contributed by atoms with E-state index in [1.54, 1.807) is 17.0 Å². The summed E-state index contributed by atoms with van der Waals surface area (Å²) in [6.45, 7) is 7.61. The molecule has 1 saturated heterocycles. The van der Waals surface area contributed by atoms with Crippen molar-refractivity contribution in [2.75, 3.05) is 25.0 Å². The molecule has 4 nitrogen and oxygen atoms in total. The summed E-state index contributed by atoms with van der Waals surface area (Å²) in [6.07, 6.45) is 1.50. The van der Waals surface area contributed by atoms with Crippen molar-refractivity contribution in [3.63, 3.8) is 0 Å². The lowest BCUT2D eigenvalue weighted by molar-refractivity contribution is 0.0188. The third-order valence-electron chi connectivity index (χ3n) is 3.78. The fourth-order valence-corrected chi connectivity index (χ4v) is 2.69. The van der Waals surface area contributed by atoms with Crippen molar-refractivity contribution in [2.45, 2.75) is 39.2 Å². The van der Waals surface area contributed by atoms with Crippen LogP contribution in [0.2, 0.25) is 5.02 Å². The van der Waals surface area contributed by atoms with Crippen LogP contribution in [0.4, 0.5) is 14.9 Å². The molecule has 0 radical (unpaired) electrons. The fourth-order valence-electron chi connectivity index (χ4n) is 2.53. The molecule has 0 bridgehead atoms. The van der Waals surface area contributed by atoms with Gasteiger partial charge in [0.25, 0.3) is 0 Å². The van der Waals surface area contributed by atoms with Crippen molar-refractivity contribution in [3.8, 4) is 0 Å². The summed E-state index contributed by atoms with van der Waals surface area (Å²) < 4.78 is 19.1. The number of anilines is 1. The van der Waals surface area contributed by atoms with E-state index in [0.717, 1.165) is 12.8 Å². The van der Waals surface area contributed by atoms with Crippen LogP contribution in [0.15, 0.2) is 18.2 Å². The second kappa shape index (κ2) is 7.39. The van der Waals surface area contributed by atoms with Gasteiger partial charge >= 0.3 is 6.09 Å². The van der Waals surface area contributed by atoms with Gasteiger partial charge in [-0.3, -0.25) is 0 Å². The molecule has 1 heterocycles. The number of piperidine rings is 1. The zero-order valence-corrected chi connectivity index (χ0v) is 14.6. The van der Waals surface area contributed by atoms with Crippen LogP contribution in [0, 0.1) is 11.7 Å². The number of halogens is 2. The Morgan fingerprint density at radius 2 is 2.04 bits per heavy atom.